The topological polar surface area (TPSA) is 67.5 Å². The normalized spacial score (nSPS) is 15.7. The van der Waals surface area contributed by atoms with Crippen LogP contribution in [-0.4, -0.2) is 55.2 Å². The maximum Gasteiger partial charge on any atom is 0.222 e. The summed E-state index contributed by atoms with van der Waals surface area (Å²) in [6, 6.07) is 7.68. The summed E-state index contributed by atoms with van der Waals surface area (Å²) in [6.45, 7) is 3.89. The number of rotatable bonds is 3. The first kappa shape index (κ1) is 15.9. The van der Waals surface area contributed by atoms with Crippen LogP contribution < -0.4 is 15.4 Å². The van der Waals surface area contributed by atoms with Gasteiger partial charge in [0.05, 0.1) is 12.8 Å². The molecule has 1 aromatic heterocycles. The molecule has 2 aromatic rings. The minimum Gasteiger partial charge on any atom is -0.497 e. The summed E-state index contributed by atoms with van der Waals surface area (Å²) < 4.78 is 5.22. The van der Waals surface area contributed by atoms with E-state index in [1.807, 2.05) is 24.3 Å². The summed E-state index contributed by atoms with van der Waals surface area (Å²) in [6.07, 6.45) is 0. The van der Waals surface area contributed by atoms with Crippen molar-refractivity contribution in [3.05, 3.63) is 24.3 Å². The number of benzene rings is 1. The lowest BCUT2D eigenvalue weighted by Crippen LogP contribution is -2.44. The summed E-state index contributed by atoms with van der Waals surface area (Å²) in [5, 5.41) is 0. The number of piperazine rings is 1. The van der Waals surface area contributed by atoms with E-state index >= 15 is 0 Å². The molecule has 122 valence electrons. The molecule has 0 saturated carbocycles. The number of hydrogen-bond donors (Lipinski definition) is 2. The van der Waals surface area contributed by atoms with Crippen molar-refractivity contribution in [3.8, 4) is 17.0 Å². The van der Waals surface area contributed by atoms with Crippen LogP contribution in [0, 0.1) is 0 Å². The Balaban J connectivity index is 1.94. The van der Waals surface area contributed by atoms with E-state index in [1.165, 1.54) is 0 Å². The number of thiol groups is 1. The van der Waals surface area contributed by atoms with Gasteiger partial charge in [0.15, 0.2) is 0 Å². The quantitative estimate of drug-likeness (QED) is 0.836. The highest BCUT2D eigenvalue weighted by molar-refractivity contribution is 7.80. The lowest BCUT2D eigenvalue weighted by molar-refractivity contribution is 0.312. The zero-order chi connectivity index (χ0) is 16.4. The maximum absolute atomic E-state index is 5.93. The second-order valence-electron chi connectivity index (χ2n) is 5.64. The van der Waals surface area contributed by atoms with Gasteiger partial charge in [-0.25, -0.2) is 4.98 Å². The first-order chi connectivity index (χ1) is 11.1. The predicted molar refractivity (Wildman–Crippen MR) is 95.4 cm³/mol. The average Bonchev–Trinajstić information content (AvgIpc) is 2.54. The van der Waals surface area contributed by atoms with Crippen LogP contribution in [-0.2, 0) is 0 Å². The summed E-state index contributed by atoms with van der Waals surface area (Å²) in [5.41, 5.74) is 7.62. The van der Waals surface area contributed by atoms with Gasteiger partial charge >= 0.3 is 0 Å². The fraction of sp³-hybridized carbons (Fsp3) is 0.375. The Morgan fingerprint density at radius 1 is 1.13 bits per heavy atom. The molecule has 1 aliphatic rings. The summed E-state index contributed by atoms with van der Waals surface area (Å²) in [7, 11) is 3.76. The van der Waals surface area contributed by atoms with Gasteiger partial charge in [-0.3, -0.25) is 0 Å². The molecule has 0 amide bonds. The molecule has 23 heavy (non-hydrogen) atoms. The SMILES string of the molecule is COc1ccc(-c2cc(N3CCN(C)CC3)nc(N)n2)c(S)c1. The van der Waals surface area contributed by atoms with Crippen molar-refractivity contribution in [3.63, 3.8) is 0 Å². The molecule has 0 radical (unpaired) electrons. The number of nitrogens with two attached hydrogens (primary N) is 1. The van der Waals surface area contributed by atoms with Gasteiger partial charge in [0.2, 0.25) is 5.95 Å². The van der Waals surface area contributed by atoms with Crippen LogP contribution in [0.1, 0.15) is 0 Å². The Bertz CT molecular complexity index is 701. The molecule has 2 heterocycles. The number of methoxy groups -OCH3 is 1. The van der Waals surface area contributed by atoms with E-state index < -0.39 is 0 Å². The molecule has 0 aliphatic carbocycles. The second-order valence-corrected chi connectivity index (χ2v) is 6.12. The number of hydrogen-bond acceptors (Lipinski definition) is 7. The molecule has 1 aromatic carbocycles. The second kappa shape index (κ2) is 6.64. The smallest absolute Gasteiger partial charge is 0.222 e. The van der Waals surface area contributed by atoms with E-state index in [-0.39, 0.29) is 5.95 Å². The molecule has 1 fully saturated rings. The van der Waals surface area contributed by atoms with E-state index in [9.17, 15) is 0 Å². The van der Waals surface area contributed by atoms with Crippen LogP contribution in [0.15, 0.2) is 29.2 Å². The lowest BCUT2D eigenvalue weighted by Gasteiger charge is -2.33. The molecule has 2 N–H and O–H groups in total. The standard InChI is InChI=1S/C16H21N5OS/c1-20-5-7-21(8-6-20)15-10-13(18-16(17)19-15)12-4-3-11(22-2)9-14(12)23/h3-4,9-10,23H,5-8H2,1-2H3,(H2,17,18,19). The molecular weight excluding hydrogens is 310 g/mol. The number of nitrogen functional groups attached to an aromatic ring is 1. The van der Waals surface area contributed by atoms with Crippen molar-refractivity contribution in [2.24, 2.45) is 0 Å². The first-order valence-corrected chi connectivity index (χ1v) is 7.97. The van der Waals surface area contributed by atoms with Crippen LogP contribution in [0.2, 0.25) is 0 Å². The zero-order valence-electron chi connectivity index (χ0n) is 13.4. The molecule has 0 atom stereocenters. The van der Waals surface area contributed by atoms with Crippen molar-refractivity contribution >= 4 is 24.4 Å². The summed E-state index contributed by atoms with van der Waals surface area (Å²) in [4.78, 5) is 14.1. The molecule has 3 rings (SSSR count). The fourth-order valence-electron chi connectivity index (χ4n) is 2.64. The highest BCUT2D eigenvalue weighted by Crippen LogP contribution is 2.31. The lowest BCUT2D eigenvalue weighted by atomic mass is 10.1. The third kappa shape index (κ3) is 3.51. The Kier molecular flexibility index (Phi) is 4.58. The van der Waals surface area contributed by atoms with Crippen molar-refractivity contribution in [2.75, 3.05) is 51.0 Å². The number of ether oxygens (including phenoxy) is 1. The third-order valence-corrected chi connectivity index (χ3v) is 4.41. The van der Waals surface area contributed by atoms with E-state index in [0.717, 1.165) is 53.9 Å². The fourth-order valence-corrected chi connectivity index (χ4v) is 2.96. The van der Waals surface area contributed by atoms with E-state index in [2.05, 4.69) is 39.4 Å². The van der Waals surface area contributed by atoms with Gasteiger partial charge in [0, 0.05) is 42.7 Å². The minimum atomic E-state index is 0.278. The Morgan fingerprint density at radius 3 is 2.52 bits per heavy atom. The molecule has 7 heteroatoms. The van der Waals surface area contributed by atoms with Gasteiger partial charge in [-0.15, -0.1) is 12.6 Å². The van der Waals surface area contributed by atoms with Gasteiger partial charge in [-0.1, -0.05) is 0 Å². The molecular formula is C16H21N5OS. The van der Waals surface area contributed by atoms with Crippen LogP contribution >= 0.6 is 12.6 Å². The average molecular weight is 331 g/mol. The number of anilines is 2. The molecule has 6 nitrogen and oxygen atoms in total. The molecule has 0 bridgehead atoms. The molecule has 0 spiro atoms. The number of likely N-dealkylation sites (N-methyl/N-ethyl adjacent to an activating group) is 1. The third-order valence-electron chi connectivity index (χ3n) is 4.04. The van der Waals surface area contributed by atoms with Gasteiger partial charge < -0.3 is 20.3 Å². The van der Waals surface area contributed by atoms with E-state index in [0.29, 0.717) is 0 Å². The largest absolute Gasteiger partial charge is 0.497 e. The Morgan fingerprint density at radius 2 is 1.87 bits per heavy atom. The predicted octanol–water partition coefficient (Wildman–Crippen LogP) is 1.77. The van der Waals surface area contributed by atoms with Gasteiger partial charge in [-0.05, 0) is 25.2 Å². The minimum absolute atomic E-state index is 0.278. The van der Waals surface area contributed by atoms with Crippen molar-refractivity contribution in [2.45, 2.75) is 4.90 Å². The highest BCUT2D eigenvalue weighted by atomic mass is 32.1. The Hall–Kier alpha value is -1.99. The van der Waals surface area contributed by atoms with Crippen molar-refractivity contribution in [1.29, 1.82) is 0 Å². The van der Waals surface area contributed by atoms with Gasteiger partial charge in [0.25, 0.3) is 0 Å². The Labute approximate surface area is 141 Å². The molecule has 1 aliphatic heterocycles. The van der Waals surface area contributed by atoms with Crippen LogP contribution in [0.25, 0.3) is 11.3 Å². The number of aromatic nitrogens is 2. The van der Waals surface area contributed by atoms with Crippen LogP contribution in [0.5, 0.6) is 5.75 Å². The van der Waals surface area contributed by atoms with Gasteiger partial charge in [-0.2, -0.15) is 4.98 Å². The summed E-state index contributed by atoms with van der Waals surface area (Å²) >= 11 is 4.54. The van der Waals surface area contributed by atoms with Gasteiger partial charge in [0.1, 0.15) is 11.6 Å². The molecule has 0 unspecified atom stereocenters. The van der Waals surface area contributed by atoms with E-state index in [4.69, 9.17) is 10.5 Å². The van der Waals surface area contributed by atoms with Crippen molar-refractivity contribution < 1.29 is 4.74 Å². The monoisotopic (exact) mass is 331 g/mol. The maximum atomic E-state index is 5.93. The first-order valence-electron chi connectivity index (χ1n) is 7.52. The van der Waals surface area contributed by atoms with Crippen LogP contribution in [0.3, 0.4) is 0 Å². The summed E-state index contributed by atoms with van der Waals surface area (Å²) in [5.74, 6) is 1.91. The van der Waals surface area contributed by atoms with Crippen molar-refractivity contribution in [1.82, 2.24) is 14.9 Å². The highest BCUT2D eigenvalue weighted by Gasteiger charge is 2.17. The van der Waals surface area contributed by atoms with Crippen LogP contribution in [0.4, 0.5) is 11.8 Å². The number of nitrogens with zero attached hydrogens (tertiary/aromatic N) is 4. The zero-order valence-corrected chi connectivity index (χ0v) is 14.3. The molecule has 1 saturated heterocycles. The van der Waals surface area contributed by atoms with E-state index in [1.54, 1.807) is 7.11 Å².